The quantitative estimate of drug-likeness (QED) is 0.918. The summed E-state index contributed by atoms with van der Waals surface area (Å²) in [5, 5.41) is 3.71. The van der Waals surface area contributed by atoms with Gasteiger partial charge in [-0.05, 0) is 31.2 Å². The first-order valence-corrected chi connectivity index (χ1v) is 6.61. The van der Waals surface area contributed by atoms with Crippen LogP contribution in [0.4, 0.5) is 13.2 Å². The van der Waals surface area contributed by atoms with Crippen molar-refractivity contribution in [1.29, 1.82) is 0 Å². The van der Waals surface area contributed by atoms with Crippen molar-refractivity contribution in [2.45, 2.75) is 19.0 Å². The summed E-state index contributed by atoms with van der Waals surface area (Å²) in [6.45, 7) is 0.486. The number of aromatic nitrogens is 2. The van der Waals surface area contributed by atoms with Crippen molar-refractivity contribution in [1.82, 2.24) is 10.1 Å². The van der Waals surface area contributed by atoms with Gasteiger partial charge < -0.3 is 10.3 Å². The summed E-state index contributed by atoms with van der Waals surface area (Å²) in [6, 6.07) is 3.77. The van der Waals surface area contributed by atoms with Gasteiger partial charge in [-0.15, -0.1) is 0 Å². The predicted molar refractivity (Wildman–Crippen MR) is 69.8 cm³/mol. The Morgan fingerprint density at radius 3 is 2.70 bits per heavy atom. The van der Waals surface area contributed by atoms with Gasteiger partial charge in [0.15, 0.2) is 5.82 Å². The molecule has 2 aromatic rings. The fourth-order valence-corrected chi connectivity index (χ4v) is 2.08. The van der Waals surface area contributed by atoms with Crippen LogP contribution in [0.25, 0.3) is 11.5 Å². The van der Waals surface area contributed by atoms with Crippen LogP contribution in [0.5, 0.6) is 0 Å². The molecule has 108 valence electrons. The highest BCUT2D eigenvalue weighted by atomic mass is 79.9. The summed E-state index contributed by atoms with van der Waals surface area (Å²) in [5.74, 6) is 0.497. The van der Waals surface area contributed by atoms with Gasteiger partial charge in [0.05, 0.1) is 5.56 Å². The summed E-state index contributed by atoms with van der Waals surface area (Å²) < 4.78 is 43.4. The van der Waals surface area contributed by atoms with E-state index in [-0.39, 0.29) is 15.9 Å². The average molecular weight is 350 g/mol. The first-order chi connectivity index (χ1) is 9.41. The molecule has 0 spiro atoms. The Kier molecular flexibility index (Phi) is 4.44. The van der Waals surface area contributed by atoms with E-state index in [1.807, 2.05) is 0 Å². The third-order valence-corrected chi connectivity index (χ3v) is 3.28. The third-order valence-electron chi connectivity index (χ3n) is 2.59. The zero-order valence-electron chi connectivity index (χ0n) is 10.2. The van der Waals surface area contributed by atoms with Gasteiger partial charge in [-0.3, -0.25) is 0 Å². The molecular weight excluding hydrogens is 339 g/mol. The van der Waals surface area contributed by atoms with E-state index in [1.54, 1.807) is 0 Å². The number of alkyl halides is 3. The van der Waals surface area contributed by atoms with Crippen molar-refractivity contribution >= 4 is 15.9 Å². The summed E-state index contributed by atoms with van der Waals surface area (Å²) >= 11 is 2.88. The first-order valence-electron chi connectivity index (χ1n) is 5.81. The second-order valence-electron chi connectivity index (χ2n) is 4.10. The monoisotopic (exact) mass is 349 g/mol. The highest BCUT2D eigenvalue weighted by Gasteiger charge is 2.33. The van der Waals surface area contributed by atoms with Crippen molar-refractivity contribution in [3.8, 4) is 11.5 Å². The first kappa shape index (κ1) is 15.0. The van der Waals surface area contributed by atoms with E-state index < -0.39 is 11.7 Å². The maximum atomic E-state index is 12.8. The lowest BCUT2D eigenvalue weighted by Crippen LogP contribution is -2.06. The van der Waals surface area contributed by atoms with Crippen molar-refractivity contribution < 1.29 is 17.7 Å². The number of hydrogen-bond donors (Lipinski definition) is 1. The van der Waals surface area contributed by atoms with Crippen LogP contribution in [-0.4, -0.2) is 16.7 Å². The molecule has 0 fully saturated rings. The lowest BCUT2D eigenvalue weighted by atomic mass is 10.1. The maximum absolute atomic E-state index is 12.8. The molecule has 0 saturated carbocycles. The van der Waals surface area contributed by atoms with E-state index in [4.69, 9.17) is 10.3 Å². The van der Waals surface area contributed by atoms with Crippen LogP contribution >= 0.6 is 15.9 Å². The minimum atomic E-state index is -4.45. The van der Waals surface area contributed by atoms with Crippen LogP contribution in [-0.2, 0) is 12.6 Å². The fourth-order valence-electron chi connectivity index (χ4n) is 1.61. The summed E-state index contributed by atoms with van der Waals surface area (Å²) in [6.07, 6.45) is -3.23. The van der Waals surface area contributed by atoms with Gasteiger partial charge in [-0.1, -0.05) is 21.1 Å². The van der Waals surface area contributed by atoms with E-state index in [0.29, 0.717) is 25.2 Å². The van der Waals surface area contributed by atoms with Crippen molar-refractivity contribution in [3.05, 3.63) is 34.1 Å². The van der Waals surface area contributed by atoms with Gasteiger partial charge in [-0.2, -0.15) is 18.2 Å². The minimum Gasteiger partial charge on any atom is -0.334 e. The fraction of sp³-hybridized carbons (Fsp3) is 0.333. The second kappa shape index (κ2) is 5.92. The molecule has 0 aliphatic heterocycles. The zero-order valence-corrected chi connectivity index (χ0v) is 11.8. The van der Waals surface area contributed by atoms with Crippen LogP contribution in [0.1, 0.15) is 17.8 Å². The molecule has 0 radical (unpaired) electrons. The molecule has 2 N–H and O–H groups in total. The van der Waals surface area contributed by atoms with E-state index in [9.17, 15) is 13.2 Å². The van der Waals surface area contributed by atoms with Gasteiger partial charge in [-0.25, -0.2) is 0 Å². The number of hydrogen-bond acceptors (Lipinski definition) is 4. The Morgan fingerprint density at radius 1 is 1.30 bits per heavy atom. The number of benzene rings is 1. The molecule has 4 nitrogen and oxygen atoms in total. The molecule has 0 aliphatic carbocycles. The Labute approximate surface area is 121 Å². The van der Waals surface area contributed by atoms with Crippen LogP contribution in [0.3, 0.4) is 0 Å². The lowest BCUT2D eigenvalue weighted by molar-refractivity contribution is -0.138. The summed E-state index contributed by atoms with van der Waals surface area (Å²) in [5.41, 5.74) is 4.81. The molecule has 0 saturated heterocycles. The predicted octanol–water partition coefficient (Wildman–Crippen LogP) is 3.41. The number of nitrogens with zero attached hydrogens (tertiary/aromatic N) is 2. The third kappa shape index (κ3) is 3.37. The molecule has 2 rings (SSSR count). The van der Waals surface area contributed by atoms with Crippen LogP contribution in [0.15, 0.2) is 27.2 Å². The molecule has 1 heterocycles. The smallest absolute Gasteiger partial charge is 0.334 e. The SMILES string of the molecule is NCCCc1noc(-c2ccc(Br)c(C(F)(F)F)c2)n1. The lowest BCUT2D eigenvalue weighted by Gasteiger charge is -2.09. The van der Waals surface area contributed by atoms with Crippen molar-refractivity contribution in [2.75, 3.05) is 6.54 Å². The molecule has 0 atom stereocenters. The minimum absolute atomic E-state index is 0.0309. The summed E-state index contributed by atoms with van der Waals surface area (Å²) in [7, 11) is 0. The van der Waals surface area contributed by atoms with Crippen molar-refractivity contribution in [2.24, 2.45) is 5.73 Å². The standard InChI is InChI=1S/C12H11BrF3N3O/c13-9-4-3-7(6-8(9)12(14,15)16)11-18-10(19-20-11)2-1-5-17/h3-4,6H,1-2,5,17H2. The van der Waals surface area contributed by atoms with E-state index in [2.05, 4.69) is 26.1 Å². The Balaban J connectivity index is 2.31. The molecule has 20 heavy (non-hydrogen) atoms. The van der Waals surface area contributed by atoms with Crippen LogP contribution in [0, 0.1) is 0 Å². The second-order valence-corrected chi connectivity index (χ2v) is 4.95. The molecule has 0 unspecified atom stereocenters. The molecule has 8 heteroatoms. The van der Waals surface area contributed by atoms with Crippen LogP contribution in [0.2, 0.25) is 0 Å². The number of aryl methyl sites for hydroxylation is 1. The molecule has 0 aliphatic rings. The van der Waals surface area contributed by atoms with E-state index >= 15 is 0 Å². The molecule has 1 aromatic heterocycles. The highest BCUT2D eigenvalue weighted by molar-refractivity contribution is 9.10. The molecular formula is C12H11BrF3N3O. The van der Waals surface area contributed by atoms with Gasteiger partial charge in [0, 0.05) is 16.5 Å². The Bertz CT molecular complexity index is 598. The Morgan fingerprint density at radius 2 is 2.05 bits per heavy atom. The van der Waals surface area contributed by atoms with Gasteiger partial charge >= 0.3 is 6.18 Å². The maximum Gasteiger partial charge on any atom is 0.417 e. The van der Waals surface area contributed by atoms with Gasteiger partial charge in [0.2, 0.25) is 0 Å². The largest absolute Gasteiger partial charge is 0.417 e. The number of rotatable bonds is 4. The average Bonchev–Trinajstić information content (AvgIpc) is 2.84. The number of nitrogens with two attached hydrogens (primary N) is 1. The normalized spacial score (nSPS) is 11.8. The van der Waals surface area contributed by atoms with E-state index in [0.717, 1.165) is 6.07 Å². The van der Waals surface area contributed by atoms with Gasteiger partial charge in [0.1, 0.15) is 0 Å². The van der Waals surface area contributed by atoms with Gasteiger partial charge in [0.25, 0.3) is 5.89 Å². The number of halogens is 4. The van der Waals surface area contributed by atoms with E-state index in [1.165, 1.54) is 12.1 Å². The van der Waals surface area contributed by atoms with Crippen molar-refractivity contribution in [3.63, 3.8) is 0 Å². The molecule has 0 bridgehead atoms. The zero-order chi connectivity index (χ0) is 14.8. The van der Waals surface area contributed by atoms with Crippen LogP contribution < -0.4 is 5.73 Å². The molecule has 1 aromatic carbocycles. The Hall–Kier alpha value is -1.41. The topological polar surface area (TPSA) is 64.9 Å². The highest BCUT2D eigenvalue weighted by Crippen LogP contribution is 2.37. The molecule has 0 amide bonds. The summed E-state index contributed by atoms with van der Waals surface area (Å²) in [4.78, 5) is 4.05.